The zero-order chi connectivity index (χ0) is 58.4. The van der Waals surface area contributed by atoms with E-state index in [0.717, 1.165) is 5.56 Å². The van der Waals surface area contributed by atoms with Crippen molar-refractivity contribution in [3.05, 3.63) is 89.4 Å². The fourth-order valence-electron chi connectivity index (χ4n) is 9.74. The van der Waals surface area contributed by atoms with Gasteiger partial charge in [-0.3, -0.25) is 38.1 Å². The Hall–Kier alpha value is -6.46. The summed E-state index contributed by atoms with van der Waals surface area (Å²) in [5, 5.41) is 36.0. The molecule has 0 bridgehead atoms. The molecule has 7 amide bonds. The molecule has 3 aromatic rings. The fraction of sp³-hybridized carbons (Fsp3) is 0.625. The number of H-pyrrole nitrogens is 1. The highest BCUT2D eigenvalue weighted by molar-refractivity contribution is 7.85. The number of amides is 7. The third-order valence-electron chi connectivity index (χ3n) is 14.8. The van der Waals surface area contributed by atoms with E-state index in [-0.39, 0.29) is 74.8 Å². The molecule has 0 aliphatic carbocycles. The molecule has 1 aliphatic rings. The lowest BCUT2D eigenvalue weighted by Crippen LogP contribution is -2.59. The van der Waals surface area contributed by atoms with Gasteiger partial charge in [-0.2, -0.15) is 13.1 Å². The zero-order valence-electron chi connectivity index (χ0n) is 47.3. The van der Waals surface area contributed by atoms with E-state index in [9.17, 15) is 52.3 Å². The Labute approximate surface area is 466 Å². The van der Waals surface area contributed by atoms with Crippen molar-refractivity contribution in [3.63, 3.8) is 0 Å². The van der Waals surface area contributed by atoms with Gasteiger partial charge in [-0.1, -0.05) is 91.1 Å². The number of likely N-dealkylation sites (N-methyl/N-ethyl adjacent to an activating group) is 1. The molecule has 3 heterocycles. The molecule has 7 N–H and O–H groups in total. The molecule has 438 valence electrons. The minimum Gasteiger partial charge on any atom is -0.618 e. The van der Waals surface area contributed by atoms with Crippen LogP contribution in [0.3, 0.4) is 0 Å². The van der Waals surface area contributed by atoms with Crippen molar-refractivity contribution in [2.24, 2.45) is 23.7 Å². The molecule has 1 aromatic carbocycles. The number of aromatic nitrogens is 3. The maximum absolute atomic E-state index is 14.9. The average molecular weight is 1120 g/mol. The Morgan fingerprint density at radius 2 is 1.56 bits per heavy atom. The predicted molar refractivity (Wildman–Crippen MR) is 296 cm³/mol. The number of rotatable bonds is 33. The van der Waals surface area contributed by atoms with Gasteiger partial charge in [0.15, 0.2) is 6.20 Å². The van der Waals surface area contributed by atoms with Gasteiger partial charge in [0.05, 0.1) is 24.2 Å². The first-order chi connectivity index (χ1) is 37.4. The quantitative estimate of drug-likeness (QED) is 0.0200. The van der Waals surface area contributed by atoms with Gasteiger partial charge < -0.3 is 51.3 Å². The van der Waals surface area contributed by atoms with E-state index in [0.29, 0.717) is 74.0 Å². The summed E-state index contributed by atoms with van der Waals surface area (Å²) >= 11 is 0. The molecule has 0 unspecified atom stereocenters. The molecule has 0 radical (unpaired) electrons. The lowest BCUT2D eigenvalue weighted by Gasteiger charge is -2.35. The highest BCUT2D eigenvalue weighted by Crippen LogP contribution is 2.25. The van der Waals surface area contributed by atoms with Crippen LogP contribution in [-0.2, 0) is 63.1 Å². The summed E-state index contributed by atoms with van der Waals surface area (Å²) in [7, 11) is -1.24. The number of pyridine rings is 1. The van der Waals surface area contributed by atoms with E-state index in [1.54, 1.807) is 18.2 Å². The van der Waals surface area contributed by atoms with Gasteiger partial charge in [0, 0.05) is 82.8 Å². The van der Waals surface area contributed by atoms with Crippen LogP contribution in [0.15, 0.2) is 67.3 Å². The van der Waals surface area contributed by atoms with E-state index >= 15 is 0 Å². The molecular weight excluding hydrogens is 1040 g/mol. The van der Waals surface area contributed by atoms with Crippen LogP contribution in [-0.4, -0.2) is 153 Å². The standard InChI is InChI=1S/C56H86N10O12S/c1-9-39(6)51(55(73)58-35-42-22-17-18-27-66(42)75)62-52(70)43(38(4)5)33-48(67)44(30-37(2)3)60-54(72)47(32-41-34-57-36-59-41)64(8)56(74)45(31-40-20-13-12-14-21-40)61-53(71)46-23-19-26-65(46)50(69)25-16-11-10-15-24-49(68)63(7)28-29-79(76,77)78/h12-14,17-18,20-22,27,34,36-39,43-48,51,67H,9-11,15-16,19,23-26,28-33,35H2,1-8H3,(H,57,59)(H,58,73)(H,60,72)(H,61,71)(H,62,70)(H,76,77,78)/t39-,43-,44-,45-,46-,47-,48-,51-/m0/s1. The van der Waals surface area contributed by atoms with Gasteiger partial charge in [0.2, 0.25) is 47.0 Å². The Morgan fingerprint density at radius 1 is 0.873 bits per heavy atom. The minimum atomic E-state index is -4.19. The number of unbranched alkanes of at least 4 members (excludes halogenated alkanes) is 3. The summed E-state index contributed by atoms with van der Waals surface area (Å²) in [6, 6.07) is 8.92. The van der Waals surface area contributed by atoms with Gasteiger partial charge >= 0.3 is 0 Å². The second-order valence-corrected chi connectivity index (χ2v) is 23.3. The molecule has 1 fully saturated rings. The van der Waals surface area contributed by atoms with Gasteiger partial charge in [-0.15, -0.1) is 0 Å². The third-order valence-corrected chi connectivity index (χ3v) is 15.5. The van der Waals surface area contributed by atoms with Crippen LogP contribution in [0.1, 0.15) is 129 Å². The van der Waals surface area contributed by atoms with Crippen molar-refractivity contribution < 1.29 is 56.4 Å². The molecule has 22 nitrogen and oxygen atoms in total. The number of imidazole rings is 1. The Bertz CT molecular complexity index is 2550. The normalized spacial score (nSPS) is 16.3. The first kappa shape index (κ1) is 65.1. The smallest absolute Gasteiger partial charge is 0.266 e. The monoisotopic (exact) mass is 1120 g/mol. The van der Waals surface area contributed by atoms with Gasteiger partial charge in [0.1, 0.15) is 30.7 Å². The largest absolute Gasteiger partial charge is 0.618 e. The highest BCUT2D eigenvalue weighted by Gasteiger charge is 2.40. The maximum atomic E-state index is 14.9. The number of carbonyl (C=O) groups excluding carboxylic acids is 7. The van der Waals surface area contributed by atoms with Crippen LogP contribution in [0.2, 0.25) is 0 Å². The fourth-order valence-corrected chi connectivity index (χ4v) is 10.2. The molecular formula is C56H86N10O12S. The lowest BCUT2D eigenvalue weighted by atomic mass is 9.85. The summed E-state index contributed by atoms with van der Waals surface area (Å²) in [5.74, 6) is -5.03. The molecule has 2 aromatic heterocycles. The summed E-state index contributed by atoms with van der Waals surface area (Å²) in [6.07, 6.45) is 7.53. The van der Waals surface area contributed by atoms with E-state index < -0.39 is 87.6 Å². The van der Waals surface area contributed by atoms with Crippen molar-refractivity contribution in [1.82, 2.24) is 45.9 Å². The molecule has 4 rings (SSSR count). The summed E-state index contributed by atoms with van der Waals surface area (Å²) < 4.78 is 31.7. The second kappa shape index (κ2) is 32.0. The predicted octanol–water partition coefficient (Wildman–Crippen LogP) is 3.22. The number of aliphatic hydroxyl groups excluding tert-OH is 1. The second-order valence-electron chi connectivity index (χ2n) is 21.8. The summed E-state index contributed by atoms with van der Waals surface area (Å²) in [5.41, 5.74) is 1.59. The topological polar surface area (TPSA) is 308 Å². The van der Waals surface area contributed by atoms with E-state index in [1.165, 1.54) is 47.5 Å². The highest BCUT2D eigenvalue weighted by atomic mass is 32.2. The number of carbonyl (C=O) groups is 7. The number of likely N-dealkylation sites (tertiary alicyclic amines) is 1. The Kier molecular flexibility index (Phi) is 26.3. The zero-order valence-corrected chi connectivity index (χ0v) is 48.1. The van der Waals surface area contributed by atoms with Crippen LogP contribution >= 0.6 is 0 Å². The number of aliphatic hydroxyl groups is 1. The van der Waals surface area contributed by atoms with E-state index in [4.69, 9.17) is 4.55 Å². The van der Waals surface area contributed by atoms with Crippen LogP contribution in [0.5, 0.6) is 0 Å². The number of nitrogens with zero attached hydrogens (tertiary/aromatic N) is 5. The maximum Gasteiger partial charge on any atom is 0.266 e. The van der Waals surface area contributed by atoms with Crippen LogP contribution in [0.4, 0.5) is 0 Å². The number of benzene rings is 1. The first-order valence-electron chi connectivity index (χ1n) is 27.7. The molecule has 0 spiro atoms. The van der Waals surface area contributed by atoms with Crippen molar-refractivity contribution in [3.8, 4) is 0 Å². The summed E-state index contributed by atoms with van der Waals surface area (Å²) in [6.45, 7) is 11.5. The molecule has 23 heteroatoms. The van der Waals surface area contributed by atoms with Crippen LogP contribution in [0.25, 0.3) is 0 Å². The van der Waals surface area contributed by atoms with Crippen molar-refractivity contribution >= 4 is 51.5 Å². The SMILES string of the molecule is CC[C@H](C)[C@H](NC(=O)[C@@H](C[C@H](O)[C@H](CC(C)C)NC(=O)[C@H](Cc1cnc[nH]1)N(C)C(=O)[C@H](Cc1ccccc1)NC(=O)[C@@H]1CCCN1C(=O)CCCCCCC(=O)N(C)CCS(=O)(=O)O)C(C)C)C(=O)NCc1cccc[n+]1[O-]. The molecule has 1 aliphatic heterocycles. The van der Waals surface area contributed by atoms with Gasteiger partial charge in [-0.25, -0.2) is 4.98 Å². The van der Waals surface area contributed by atoms with E-state index in [1.807, 2.05) is 71.9 Å². The van der Waals surface area contributed by atoms with Crippen LogP contribution in [0, 0.1) is 28.9 Å². The first-order valence-corrected chi connectivity index (χ1v) is 29.3. The lowest BCUT2D eigenvalue weighted by molar-refractivity contribution is -0.614. The molecule has 8 atom stereocenters. The number of nitrogens with one attached hydrogen (secondary N) is 5. The van der Waals surface area contributed by atoms with E-state index in [2.05, 4.69) is 31.2 Å². The average Bonchev–Trinajstić information content (AvgIpc) is 4.14. The minimum absolute atomic E-state index is 0.0188. The van der Waals surface area contributed by atoms with Crippen molar-refractivity contribution in [2.75, 3.05) is 32.9 Å². The number of hydrogen-bond donors (Lipinski definition) is 7. The molecule has 79 heavy (non-hydrogen) atoms. The van der Waals surface area contributed by atoms with Gasteiger partial charge in [-0.05, 0) is 67.9 Å². The number of aromatic amines is 1. The van der Waals surface area contributed by atoms with Crippen molar-refractivity contribution in [2.45, 2.75) is 168 Å². The molecule has 1 saturated heterocycles. The van der Waals surface area contributed by atoms with Gasteiger partial charge in [0.25, 0.3) is 10.1 Å². The Morgan fingerprint density at radius 3 is 2.18 bits per heavy atom. The summed E-state index contributed by atoms with van der Waals surface area (Å²) in [4.78, 5) is 109. The Balaban J connectivity index is 1.48. The van der Waals surface area contributed by atoms with Crippen LogP contribution < -0.4 is 26.0 Å². The van der Waals surface area contributed by atoms with Crippen molar-refractivity contribution in [1.29, 1.82) is 0 Å². The number of hydrogen-bond acceptors (Lipinski definition) is 12. The molecule has 0 saturated carbocycles. The third kappa shape index (κ3) is 21.3.